The van der Waals surface area contributed by atoms with Crippen molar-refractivity contribution < 1.29 is 18.0 Å². The van der Waals surface area contributed by atoms with Crippen LogP contribution in [0.3, 0.4) is 0 Å². The van der Waals surface area contributed by atoms with Gasteiger partial charge in [0.1, 0.15) is 0 Å². The third-order valence-electron chi connectivity index (χ3n) is 1.88. The average molecular weight is 229 g/mol. The van der Waals surface area contributed by atoms with E-state index in [4.69, 9.17) is 5.73 Å². The predicted octanol–water partition coefficient (Wildman–Crippen LogP) is 2.40. The van der Waals surface area contributed by atoms with Gasteiger partial charge in [-0.15, -0.1) is 0 Å². The van der Waals surface area contributed by atoms with Crippen LogP contribution >= 0.6 is 0 Å². The summed E-state index contributed by atoms with van der Waals surface area (Å²) in [5.74, 6) is -1.83. The Bertz CT molecular complexity index is 393. The molecule has 0 fully saturated rings. The van der Waals surface area contributed by atoms with Crippen LogP contribution < -0.4 is 5.73 Å². The monoisotopic (exact) mass is 229 g/mol. The van der Waals surface area contributed by atoms with Crippen molar-refractivity contribution in [2.75, 3.05) is 6.54 Å². The molecule has 1 rings (SSSR count). The Balaban J connectivity index is 2.87. The van der Waals surface area contributed by atoms with Crippen molar-refractivity contribution in [2.24, 2.45) is 5.73 Å². The molecule has 16 heavy (non-hydrogen) atoms. The van der Waals surface area contributed by atoms with Gasteiger partial charge in [0.05, 0.1) is 0 Å². The highest BCUT2D eigenvalue weighted by Gasteiger charge is 2.38. The van der Waals surface area contributed by atoms with Crippen molar-refractivity contribution >= 4 is 11.9 Å². The van der Waals surface area contributed by atoms with E-state index in [2.05, 4.69) is 0 Å². The fourth-order valence-corrected chi connectivity index (χ4v) is 1.11. The number of nitrogens with two attached hydrogens (primary N) is 1. The van der Waals surface area contributed by atoms with Crippen LogP contribution in [0.5, 0.6) is 0 Å². The molecule has 1 aromatic rings. The molecule has 1 aromatic carbocycles. The molecule has 0 unspecified atom stereocenters. The van der Waals surface area contributed by atoms with Gasteiger partial charge in [0.15, 0.2) is 0 Å². The lowest BCUT2D eigenvalue weighted by molar-refractivity contribution is -0.0885. The molecule has 0 radical (unpaired) electrons. The van der Waals surface area contributed by atoms with E-state index >= 15 is 0 Å². The molecule has 0 spiro atoms. The van der Waals surface area contributed by atoms with Gasteiger partial charge in [-0.2, -0.15) is 13.2 Å². The van der Waals surface area contributed by atoms with E-state index in [-0.39, 0.29) is 5.56 Å². The summed E-state index contributed by atoms with van der Waals surface area (Å²) < 4.78 is 36.2. The minimum atomic E-state index is -4.82. The first-order valence-electron chi connectivity index (χ1n) is 4.53. The highest BCUT2D eigenvalue weighted by molar-refractivity contribution is 6.00. The zero-order valence-electron chi connectivity index (χ0n) is 8.29. The van der Waals surface area contributed by atoms with Crippen LogP contribution in [0.1, 0.15) is 15.9 Å². The standard InChI is InChI=1S/C11H10F3NO/c12-11(13,14)10(16)9-5-3-8(4-6-9)2-1-7-15/h1-6H,7,15H2. The second-order valence-electron chi connectivity index (χ2n) is 3.09. The number of hydrogen-bond donors (Lipinski definition) is 1. The van der Waals surface area contributed by atoms with E-state index < -0.39 is 12.0 Å². The predicted molar refractivity (Wildman–Crippen MR) is 54.9 cm³/mol. The maximum Gasteiger partial charge on any atom is 0.454 e. The van der Waals surface area contributed by atoms with E-state index in [1.165, 1.54) is 12.1 Å². The maximum absolute atomic E-state index is 12.1. The van der Waals surface area contributed by atoms with Crippen LogP contribution in [0.25, 0.3) is 6.08 Å². The van der Waals surface area contributed by atoms with Gasteiger partial charge in [0.2, 0.25) is 0 Å². The fraction of sp³-hybridized carbons (Fsp3) is 0.182. The van der Waals surface area contributed by atoms with Crippen LogP contribution in [0.4, 0.5) is 13.2 Å². The first kappa shape index (κ1) is 12.4. The van der Waals surface area contributed by atoms with E-state index in [1.54, 1.807) is 12.2 Å². The zero-order chi connectivity index (χ0) is 12.2. The summed E-state index contributed by atoms with van der Waals surface area (Å²) in [6.07, 6.45) is -1.49. The van der Waals surface area contributed by atoms with Crippen molar-refractivity contribution in [3.05, 3.63) is 41.5 Å². The highest BCUT2D eigenvalue weighted by atomic mass is 19.4. The van der Waals surface area contributed by atoms with Crippen molar-refractivity contribution in [3.8, 4) is 0 Å². The van der Waals surface area contributed by atoms with Gasteiger partial charge in [0, 0.05) is 12.1 Å². The van der Waals surface area contributed by atoms with Crippen molar-refractivity contribution in [3.63, 3.8) is 0 Å². The molecule has 0 aliphatic rings. The fourth-order valence-electron chi connectivity index (χ4n) is 1.11. The molecule has 0 bridgehead atoms. The van der Waals surface area contributed by atoms with Gasteiger partial charge in [-0.05, 0) is 5.56 Å². The number of carbonyl (C=O) groups excluding carboxylic acids is 1. The van der Waals surface area contributed by atoms with Crippen LogP contribution in [-0.4, -0.2) is 18.5 Å². The SMILES string of the molecule is NCC=Cc1ccc(C(=O)C(F)(F)F)cc1. The lowest BCUT2D eigenvalue weighted by Crippen LogP contribution is -2.22. The summed E-state index contributed by atoms with van der Waals surface area (Å²) >= 11 is 0. The molecule has 0 heterocycles. The smallest absolute Gasteiger partial charge is 0.327 e. The largest absolute Gasteiger partial charge is 0.454 e. The van der Waals surface area contributed by atoms with Crippen LogP contribution in [0, 0.1) is 0 Å². The third-order valence-corrected chi connectivity index (χ3v) is 1.88. The molecule has 0 aliphatic carbocycles. The minimum absolute atomic E-state index is 0.350. The highest BCUT2D eigenvalue weighted by Crippen LogP contribution is 2.21. The molecule has 2 nitrogen and oxygen atoms in total. The molecule has 0 aliphatic heterocycles. The number of alkyl halides is 3. The van der Waals surface area contributed by atoms with Crippen molar-refractivity contribution in [1.82, 2.24) is 0 Å². The second kappa shape index (κ2) is 4.94. The van der Waals surface area contributed by atoms with Gasteiger partial charge in [-0.3, -0.25) is 4.79 Å². The summed E-state index contributed by atoms with van der Waals surface area (Å²) in [6, 6.07) is 5.16. The molecular formula is C11H10F3NO. The van der Waals surface area contributed by atoms with E-state index in [0.29, 0.717) is 12.1 Å². The van der Waals surface area contributed by atoms with E-state index in [1.807, 2.05) is 0 Å². The quantitative estimate of drug-likeness (QED) is 0.809. The number of benzene rings is 1. The molecule has 0 saturated heterocycles. The Hall–Kier alpha value is -1.62. The molecule has 0 amide bonds. The molecule has 0 aromatic heterocycles. The molecular weight excluding hydrogens is 219 g/mol. The van der Waals surface area contributed by atoms with Gasteiger partial charge >= 0.3 is 6.18 Å². The topological polar surface area (TPSA) is 43.1 Å². The zero-order valence-corrected chi connectivity index (χ0v) is 8.29. The Morgan fingerprint density at radius 1 is 1.25 bits per heavy atom. The number of Topliss-reactive ketones (excluding diaryl/α,β-unsaturated/α-hetero) is 1. The Labute approximate surface area is 90.6 Å². The van der Waals surface area contributed by atoms with Crippen molar-refractivity contribution in [2.45, 2.75) is 6.18 Å². The minimum Gasteiger partial charge on any atom is -0.327 e. The molecule has 0 atom stereocenters. The van der Waals surface area contributed by atoms with Gasteiger partial charge in [-0.1, -0.05) is 36.4 Å². The normalized spacial score (nSPS) is 12.0. The molecule has 2 N–H and O–H groups in total. The summed E-state index contributed by atoms with van der Waals surface area (Å²) in [5.41, 5.74) is 5.56. The molecule has 5 heteroatoms. The summed E-state index contributed by atoms with van der Waals surface area (Å²) in [7, 11) is 0. The number of hydrogen-bond acceptors (Lipinski definition) is 2. The summed E-state index contributed by atoms with van der Waals surface area (Å²) in [4.78, 5) is 10.8. The van der Waals surface area contributed by atoms with E-state index in [9.17, 15) is 18.0 Å². The maximum atomic E-state index is 12.1. The Kier molecular flexibility index (Phi) is 3.84. The number of rotatable bonds is 3. The first-order chi connectivity index (χ1) is 7.45. The van der Waals surface area contributed by atoms with Gasteiger partial charge in [-0.25, -0.2) is 0 Å². The second-order valence-corrected chi connectivity index (χ2v) is 3.09. The average Bonchev–Trinajstić information content (AvgIpc) is 2.25. The van der Waals surface area contributed by atoms with Gasteiger partial charge in [0.25, 0.3) is 5.78 Å². The first-order valence-corrected chi connectivity index (χ1v) is 4.53. The number of halogens is 3. The third kappa shape index (κ3) is 3.20. The van der Waals surface area contributed by atoms with Gasteiger partial charge < -0.3 is 5.73 Å². The number of carbonyl (C=O) groups is 1. The molecule has 0 saturated carbocycles. The molecule has 86 valence electrons. The Morgan fingerprint density at radius 2 is 1.81 bits per heavy atom. The summed E-state index contributed by atoms with van der Waals surface area (Å²) in [5, 5.41) is 0. The van der Waals surface area contributed by atoms with Crippen LogP contribution in [-0.2, 0) is 0 Å². The van der Waals surface area contributed by atoms with E-state index in [0.717, 1.165) is 12.1 Å². The van der Waals surface area contributed by atoms with Crippen molar-refractivity contribution in [1.29, 1.82) is 0 Å². The van der Waals surface area contributed by atoms with Crippen LogP contribution in [0.2, 0.25) is 0 Å². The Morgan fingerprint density at radius 3 is 2.25 bits per heavy atom. The lowest BCUT2D eigenvalue weighted by atomic mass is 10.1. The van der Waals surface area contributed by atoms with Crippen LogP contribution in [0.15, 0.2) is 30.3 Å². The lowest BCUT2D eigenvalue weighted by Gasteiger charge is -2.04. The number of ketones is 1. The summed E-state index contributed by atoms with van der Waals surface area (Å²) in [6.45, 7) is 0.350.